The van der Waals surface area contributed by atoms with E-state index in [1.54, 1.807) is 0 Å². The first-order valence-electron chi connectivity index (χ1n) is 6.93. The predicted octanol–water partition coefficient (Wildman–Crippen LogP) is 4.20. The summed E-state index contributed by atoms with van der Waals surface area (Å²) in [5, 5.41) is 0. The molecule has 0 aromatic heterocycles. The Morgan fingerprint density at radius 3 is 2.55 bits per heavy atom. The molecule has 0 saturated carbocycles. The van der Waals surface area contributed by atoms with Crippen molar-refractivity contribution in [2.45, 2.75) is 0 Å². The number of anilines is 1. The molecular formula is C18H14BN. The lowest BCUT2D eigenvalue weighted by atomic mass is 9.49. The first-order valence-corrected chi connectivity index (χ1v) is 6.93. The minimum Gasteiger partial charge on any atom is -0.383 e. The Balaban J connectivity index is 1.81. The molecule has 2 aliphatic heterocycles. The Hall–Kier alpha value is -2.48. The van der Waals surface area contributed by atoms with Crippen LogP contribution >= 0.6 is 0 Å². The minimum atomic E-state index is 0.289. The van der Waals surface area contributed by atoms with E-state index < -0.39 is 0 Å². The molecule has 20 heavy (non-hydrogen) atoms. The van der Waals surface area contributed by atoms with Gasteiger partial charge in [0.05, 0.1) is 0 Å². The molecule has 1 nitrogen and oxygen atoms in total. The fourth-order valence-electron chi connectivity index (χ4n) is 2.96. The second-order valence-electron chi connectivity index (χ2n) is 5.10. The Morgan fingerprint density at radius 1 is 0.850 bits per heavy atom. The maximum absolute atomic E-state index is 2.34. The summed E-state index contributed by atoms with van der Waals surface area (Å²) in [6.07, 6.45) is 8.75. The number of fused-ring (bicyclic) bond motifs is 3. The summed E-state index contributed by atoms with van der Waals surface area (Å²) >= 11 is 0. The topological polar surface area (TPSA) is 3.24 Å². The molecular weight excluding hydrogens is 241 g/mol. The van der Waals surface area contributed by atoms with E-state index in [1.807, 2.05) is 0 Å². The zero-order valence-electron chi connectivity index (χ0n) is 11.1. The monoisotopic (exact) mass is 255 g/mol. The third kappa shape index (κ3) is 1.73. The smallest absolute Gasteiger partial charge is 0.320 e. The molecule has 0 aliphatic carbocycles. The maximum Gasteiger partial charge on any atom is 0.320 e. The summed E-state index contributed by atoms with van der Waals surface area (Å²) in [5.41, 5.74) is 5.19. The highest BCUT2D eigenvalue weighted by atomic mass is 15.1. The van der Waals surface area contributed by atoms with E-state index in [0.29, 0.717) is 0 Å². The molecule has 2 aromatic carbocycles. The highest BCUT2D eigenvalue weighted by Gasteiger charge is 2.30. The van der Waals surface area contributed by atoms with Crippen molar-refractivity contribution < 1.29 is 0 Å². The largest absolute Gasteiger partial charge is 0.383 e. The molecule has 0 radical (unpaired) electrons. The van der Waals surface area contributed by atoms with Gasteiger partial charge in [0, 0.05) is 5.69 Å². The van der Waals surface area contributed by atoms with E-state index in [1.165, 1.54) is 22.3 Å². The second-order valence-corrected chi connectivity index (χ2v) is 5.10. The second kappa shape index (κ2) is 4.57. The van der Waals surface area contributed by atoms with Crippen molar-refractivity contribution in [1.82, 2.24) is 0 Å². The van der Waals surface area contributed by atoms with Crippen molar-refractivity contribution in [2.24, 2.45) is 0 Å². The lowest BCUT2D eigenvalue weighted by Crippen LogP contribution is -2.38. The van der Waals surface area contributed by atoms with Gasteiger partial charge in [-0.25, -0.2) is 0 Å². The number of nitrogens with zero attached hydrogens (tertiary/aromatic N) is 1. The molecule has 2 heteroatoms. The number of para-hydroxylation sites is 1. The molecule has 94 valence electrons. The molecule has 0 bridgehead atoms. The zero-order chi connectivity index (χ0) is 13.4. The number of benzene rings is 2. The van der Waals surface area contributed by atoms with Gasteiger partial charge in [-0.15, -0.1) is 0 Å². The number of hydrogen-bond acceptors (Lipinski definition) is 1. The van der Waals surface area contributed by atoms with Crippen LogP contribution < -0.4 is 4.81 Å². The van der Waals surface area contributed by atoms with Crippen LogP contribution in [-0.4, -0.2) is 6.85 Å². The maximum atomic E-state index is 2.34. The van der Waals surface area contributed by atoms with Crippen LogP contribution in [0.5, 0.6) is 0 Å². The Kier molecular flexibility index (Phi) is 2.60. The Labute approximate surface area is 119 Å². The van der Waals surface area contributed by atoms with E-state index in [4.69, 9.17) is 0 Å². The van der Waals surface area contributed by atoms with E-state index in [-0.39, 0.29) is 6.85 Å². The molecule has 0 saturated heterocycles. The fraction of sp³-hybridized carbons (Fsp3) is 0. The van der Waals surface area contributed by atoms with Gasteiger partial charge in [-0.2, -0.15) is 0 Å². The third-order valence-electron chi connectivity index (χ3n) is 3.92. The molecule has 0 unspecified atom stereocenters. The van der Waals surface area contributed by atoms with Crippen LogP contribution in [0.15, 0.2) is 78.9 Å². The van der Waals surface area contributed by atoms with Crippen molar-refractivity contribution in [2.75, 3.05) is 4.81 Å². The van der Waals surface area contributed by atoms with Gasteiger partial charge in [-0.05, 0) is 34.9 Å². The normalized spacial score (nSPS) is 15.7. The summed E-state index contributed by atoms with van der Waals surface area (Å²) < 4.78 is 0. The van der Waals surface area contributed by atoms with E-state index in [9.17, 15) is 0 Å². The zero-order valence-corrected chi connectivity index (χ0v) is 11.1. The van der Waals surface area contributed by atoms with E-state index in [0.717, 1.165) is 0 Å². The van der Waals surface area contributed by atoms with E-state index >= 15 is 0 Å². The van der Waals surface area contributed by atoms with Crippen molar-refractivity contribution in [3.05, 3.63) is 90.1 Å². The summed E-state index contributed by atoms with van der Waals surface area (Å²) in [7, 11) is 0. The summed E-state index contributed by atoms with van der Waals surface area (Å²) in [4.78, 5) is 2.34. The van der Waals surface area contributed by atoms with E-state index in [2.05, 4.69) is 89.8 Å². The van der Waals surface area contributed by atoms with Gasteiger partial charge < -0.3 is 4.81 Å². The molecule has 2 heterocycles. The quantitative estimate of drug-likeness (QED) is 0.690. The average molecular weight is 255 g/mol. The van der Waals surface area contributed by atoms with Crippen molar-refractivity contribution in [3.63, 3.8) is 0 Å². The highest BCUT2D eigenvalue weighted by molar-refractivity contribution is 6.87. The summed E-state index contributed by atoms with van der Waals surface area (Å²) in [6, 6.07) is 19.1. The van der Waals surface area contributed by atoms with Crippen LogP contribution in [0.3, 0.4) is 0 Å². The minimum absolute atomic E-state index is 0.289. The highest BCUT2D eigenvalue weighted by Crippen LogP contribution is 2.34. The van der Waals surface area contributed by atoms with Crippen molar-refractivity contribution in [1.29, 1.82) is 0 Å². The van der Waals surface area contributed by atoms with Gasteiger partial charge >= 0.3 is 6.85 Å². The van der Waals surface area contributed by atoms with Crippen LogP contribution in [0.4, 0.5) is 5.69 Å². The van der Waals surface area contributed by atoms with Gasteiger partial charge in [0.15, 0.2) is 0 Å². The number of allylic oxidation sites excluding steroid dienone is 2. The first kappa shape index (κ1) is 11.4. The Morgan fingerprint density at radius 2 is 1.65 bits per heavy atom. The predicted molar refractivity (Wildman–Crippen MR) is 87.3 cm³/mol. The molecule has 0 fully saturated rings. The lowest BCUT2D eigenvalue weighted by Gasteiger charge is -2.34. The molecule has 0 atom stereocenters. The van der Waals surface area contributed by atoms with Gasteiger partial charge in [-0.3, -0.25) is 0 Å². The third-order valence-corrected chi connectivity index (χ3v) is 3.92. The number of rotatable bonds is 1. The molecule has 2 aliphatic rings. The molecule has 2 aromatic rings. The average Bonchev–Trinajstić information content (AvgIpc) is 2.55. The van der Waals surface area contributed by atoms with Crippen LogP contribution in [0.25, 0.3) is 11.5 Å². The molecule has 0 amide bonds. The first-order chi connectivity index (χ1) is 9.93. The van der Waals surface area contributed by atoms with Gasteiger partial charge in [0.2, 0.25) is 0 Å². The number of hydrogen-bond donors (Lipinski definition) is 0. The van der Waals surface area contributed by atoms with Crippen LogP contribution in [0.2, 0.25) is 0 Å². The summed E-state index contributed by atoms with van der Waals surface area (Å²) in [5.74, 6) is 2.28. The van der Waals surface area contributed by atoms with Gasteiger partial charge in [0.1, 0.15) is 0 Å². The summed E-state index contributed by atoms with van der Waals surface area (Å²) in [6.45, 7) is 0.289. The molecule has 0 N–H and O–H groups in total. The lowest BCUT2D eigenvalue weighted by molar-refractivity contribution is 1.36. The SMILES string of the molecule is C1=CN2B(C=Cc3ccccc32)C(c2ccccc2)=C1. The van der Waals surface area contributed by atoms with Crippen LogP contribution in [0, 0.1) is 0 Å². The fourth-order valence-corrected chi connectivity index (χ4v) is 2.96. The van der Waals surface area contributed by atoms with Crippen molar-refractivity contribution in [3.8, 4) is 0 Å². The van der Waals surface area contributed by atoms with Gasteiger partial charge in [-0.1, -0.05) is 66.7 Å². The van der Waals surface area contributed by atoms with Crippen molar-refractivity contribution >= 4 is 24.1 Å². The molecule has 4 rings (SSSR count). The standard InChI is InChI=1S/C18H14BN/c1-2-7-15(8-3-1)17-10-6-14-20-18-11-5-4-9-16(18)12-13-19(17)20/h1-14H. The van der Waals surface area contributed by atoms with Gasteiger partial charge in [0.25, 0.3) is 0 Å². The van der Waals surface area contributed by atoms with Crippen LogP contribution in [0.1, 0.15) is 11.1 Å². The van der Waals surface area contributed by atoms with Crippen LogP contribution in [-0.2, 0) is 0 Å². The molecule has 0 spiro atoms. The Bertz CT molecular complexity index is 728.